The molecule has 0 aliphatic carbocycles. The van der Waals surface area contributed by atoms with Gasteiger partial charge in [-0.2, -0.15) is 5.10 Å². The average Bonchev–Trinajstić information content (AvgIpc) is 3.50. The Labute approximate surface area is 207 Å². The molecule has 180 valence electrons. The van der Waals surface area contributed by atoms with Crippen LogP contribution in [0.2, 0.25) is 0 Å². The molecule has 0 radical (unpaired) electrons. The summed E-state index contributed by atoms with van der Waals surface area (Å²) < 4.78 is 18.0. The highest BCUT2D eigenvalue weighted by atomic mass is 32.2. The second-order valence-corrected chi connectivity index (χ2v) is 10.4. The molecule has 7 nitrogen and oxygen atoms in total. The first-order chi connectivity index (χ1) is 17.1. The lowest BCUT2D eigenvalue weighted by molar-refractivity contribution is 0.474. The van der Waals surface area contributed by atoms with E-state index in [0.29, 0.717) is 34.1 Å². The Morgan fingerprint density at radius 1 is 1.20 bits per heavy atom. The van der Waals surface area contributed by atoms with E-state index in [1.165, 1.54) is 5.57 Å². The van der Waals surface area contributed by atoms with Crippen molar-refractivity contribution in [3.05, 3.63) is 59.7 Å². The maximum Gasteiger partial charge on any atom is 0.159 e. The molecule has 35 heavy (non-hydrogen) atoms. The lowest BCUT2D eigenvalue weighted by Gasteiger charge is -2.33. The fourth-order valence-corrected chi connectivity index (χ4v) is 5.89. The summed E-state index contributed by atoms with van der Waals surface area (Å²) >= 11 is 1.95. The molecule has 2 aliphatic heterocycles. The van der Waals surface area contributed by atoms with Crippen molar-refractivity contribution in [2.45, 2.75) is 25.0 Å². The Morgan fingerprint density at radius 2 is 2.06 bits per heavy atom. The van der Waals surface area contributed by atoms with Crippen LogP contribution in [0.25, 0.3) is 39.1 Å². The van der Waals surface area contributed by atoms with E-state index in [4.69, 9.17) is 0 Å². The molecule has 2 aromatic carbocycles. The zero-order valence-corrected chi connectivity index (χ0v) is 20.3. The van der Waals surface area contributed by atoms with Crippen LogP contribution in [0.4, 0.5) is 4.39 Å². The van der Waals surface area contributed by atoms with Crippen LogP contribution in [0.5, 0.6) is 5.75 Å². The van der Waals surface area contributed by atoms with Gasteiger partial charge in [0.25, 0.3) is 0 Å². The van der Waals surface area contributed by atoms with E-state index in [0.717, 1.165) is 49.4 Å². The minimum absolute atomic E-state index is 0.179. The number of hydrogen-bond acceptors (Lipinski definition) is 6. The first-order valence-electron chi connectivity index (χ1n) is 12.0. The molecule has 0 bridgehead atoms. The van der Waals surface area contributed by atoms with Gasteiger partial charge >= 0.3 is 0 Å². The fourth-order valence-electron chi connectivity index (χ4n) is 4.72. The number of halogens is 1. The number of nitrogens with one attached hydrogen (secondary N) is 3. The first-order valence-corrected chi connectivity index (χ1v) is 12.8. The van der Waals surface area contributed by atoms with E-state index < -0.39 is 0 Å². The minimum atomic E-state index is -0.383. The predicted molar refractivity (Wildman–Crippen MR) is 139 cm³/mol. The zero-order chi connectivity index (χ0) is 23.9. The highest BCUT2D eigenvalue weighted by Crippen LogP contribution is 2.35. The number of aromatic nitrogens is 4. The monoisotopic (exact) mass is 490 g/mol. The third kappa shape index (κ3) is 4.13. The standard InChI is InChI=1S/C26H27FN6OS/c1-2-15-11-17(34)3-4-19(15)20-5-6-21-24(23(20)27)31-32-25(21)26-29-14-22(30-26)16-7-9-33(10-8-16)35-18-12-28-13-18/h3-7,11,14,18,28,34H,2,8-10,12-13H2,1H3,(H,29,30)(H,31,32). The lowest BCUT2D eigenvalue weighted by atomic mass is 9.96. The van der Waals surface area contributed by atoms with E-state index in [1.54, 1.807) is 24.3 Å². The number of phenols is 1. The molecule has 2 aliphatic rings. The van der Waals surface area contributed by atoms with Gasteiger partial charge < -0.3 is 15.4 Å². The Kier molecular flexibility index (Phi) is 5.83. The smallest absolute Gasteiger partial charge is 0.159 e. The van der Waals surface area contributed by atoms with Gasteiger partial charge in [0.15, 0.2) is 11.6 Å². The Morgan fingerprint density at radius 3 is 2.80 bits per heavy atom. The molecular weight excluding hydrogens is 463 g/mol. The van der Waals surface area contributed by atoms with Gasteiger partial charge in [-0.05, 0) is 47.7 Å². The number of hydrogen-bond donors (Lipinski definition) is 4. The van der Waals surface area contributed by atoms with Crippen LogP contribution < -0.4 is 5.32 Å². The summed E-state index contributed by atoms with van der Waals surface area (Å²) in [6.45, 7) is 6.11. The van der Waals surface area contributed by atoms with Gasteiger partial charge in [0.2, 0.25) is 0 Å². The highest BCUT2D eigenvalue weighted by molar-refractivity contribution is 7.97. The van der Waals surface area contributed by atoms with Gasteiger partial charge in [0.05, 0.1) is 11.9 Å². The zero-order valence-electron chi connectivity index (χ0n) is 19.4. The molecule has 0 saturated carbocycles. The first kappa shape index (κ1) is 22.3. The maximum absolute atomic E-state index is 15.6. The van der Waals surface area contributed by atoms with E-state index in [1.807, 2.05) is 31.1 Å². The number of aryl methyl sites for hydroxylation is 1. The van der Waals surface area contributed by atoms with Crippen molar-refractivity contribution < 1.29 is 9.50 Å². The Bertz CT molecular complexity index is 1420. The summed E-state index contributed by atoms with van der Waals surface area (Å²) in [5.74, 6) is 0.441. The molecule has 0 unspecified atom stereocenters. The van der Waals surface area contributed by atoms with Crippen LogP contribution in [-0.2, 0) is 6.42 Å². The SMILES string of the molecule is CCc1cc(O)ccc1-c1ccc2c(-c3ncc(C4=CCN(SC5CNC5)CC4)[nH]3)[nH]nc2c1F. The topological polar surface area (TPSA) is 92.9 Å². The quantitative estimate of drug-likeness (QED) is 0.292. The molecule has 0 amide bonds. The van der Waals surface area contributed by atoms with Crippen LogP contribution in [0.3, 0.4) is 0 Å². The molecule has 4 N–H and O–H groups in total. The van der Waals surface area contributed by atoms with E-state index in [9.17, 15) is 5.11 Å². The highest BCUT2D eigenvalue weighted by Gasteiger charge is 2.24. The number of imidazole rings is 1. The molecule has 1 saturated heterocycles. The van der Waals surface area contributed by atoms with Crippen LogP contribution in [0.15, 0.2) is 42.6 Å². The van der Waals surface area contributed by atoms with Crippen LogP contribution >= 0.6 is 11.9 Å². The summed E-state index contributed by atoms with van der Waals surface area (Å²) in [6.07, 6.45) is 5.76. The number of phenolic OH excluding ortho intramolecular Hbond substituents is 1. The Balaban J connectivity index is 1.27. The van der Waals surface area contributed by atoms with Gasteiger partial charge in [-0.25, -0.2) is 13.7 Å². The molecule has 9 heteroatoms. The number of fused-ring (bicyclic) bond motifs is 1. The van der Waals surface area contributed by atoms with Crippen molar-refractivity contribution in [1.29, 1.82) is 0 Å². The number of H-pyrrole nitrogens is 2. The van der Waals surface area contributed by atoms with Gasteiger partial charge in [0.1, 0.15) is 17.0 Å². The summed E-state index contributed by atoms with van der Waals surface area (Å²) in [5.41, 5.74) is 5.32. The number of aromatic amines is 2. The van der Waals surface area contributed by atoms with Crippen molar-refractivity contribution in [3.63, 3.8) is 0 Å². The molecule has 4 heterocycles. The number of rotatable bonds is 6. The summed E-state index contributed by atoms with van der Waals surface area (Å²) in [4.78, 5) is 7.99. The molecule has 2 aromatic heterocycles. The van der Waals surface area contributed by atoms with Gasteiger partial charge in [-0.15, -0.1) is 0 Å². The van der Waals surface area contributed by atoms with Crippen molar-refractivity contribution in [2.24, 2.45) is 0 Å². The molecule has 0 atom stereocenters. The van der Waals surface area contributed by atoms with Gasteiger partial charge in [0, 0.05) is 42.4 Å². The van der Waals surface area contributed by atoms with Gasteiger partial charge in [-0.3, -0.25) is 5.10 Å². The maximum atomic E-state index is 15.6. The Hall–Kier alpha value is -3.14. The van der Waals surface area contributed by atoms with Crippen molar-refractivity contribution in [2.75, 3.05) is 26.2 Å². The third-order valence-electron chi connectivity index (χ3n) is 6.80. The van der Waals surface area contributed by atoms with Crippen molar-refractivity contribution in [3.8, 4) is 28.4 Å². The average molecular weight is 491 g/mol. The molecular formula is C26H27FN6OS. The number of aromatic hydroxyl groups is 1. The fraction of sp³-hybridized carbons (Fsp3) is 0.308. The second kappa shape index (κ2) is 9.14. The minimum Gasteiger partial charge on any atom is -0.508 e. The van der Waals surface area contributed by atoms with Crippen LogP contribution in [-0.4, -0.2) is 61.0 Å². The molecule has 1 fully saturated rings. The third-order valence-corrected chi connectivity index (χ3v) is 8.06. The van der Waals surface area contributed by atoms with E-state index in [2.05, 4.69) is 35.9 Å². The van der Waals surface area contributed by atoms with Crippen LogP contribution in [0.1, 0.15) is 24.6 Å². The number of benzene rings is 2. The molecule has 6 rings (SSSR count). The normalized spacial score (nSPS) is 17.0. The van der Waals surface area contributed by atoms with E-state index in [-0.39, 0.29) is 17.1 Å². The number of nitrogens with zero attached hydrogens (tertiary/aromatic N) is 3. The second-order valence-electron chi connectivity index (χ2n) is 9.02. The predicted octanol–water partition coefficient (Wildman–Crippen LogP) is 4.74. The summed E-state index contributed by atoms with van der Waals surface area (Å²) in [7, 11) is 0. The molecule has 4 aromatic rings. The van der Waals surface area contributed by atoms with Crippen LogP contribution in [0, 0.1) is 5.82 Å². The largest absolute Gasteiger partial charge is 0.508 e. The lowest BCUT2D eigenvalue weighted by Crippen LogP contribution is -2.46. The van der Waals surface area contributed by atoms with Crippen molar-refractivity contribution >= 4 is 28.4 Å². The summed E-state index contributed by atoms with van der Waals surface area (Å²) in [5, 5.41) is 21.8. The van der Waals surface area contributed by atoms with E-state index >= 15 is 4.39 Å². The van der Waals surface area contributed by atoms with Crippen molar-refractivity contribution in [1.82, 2.24) is 29.8 Å². The molecule has 0 spiro atoms. The van der Waals surface area contributed by atoms with Gasteiger partial charge in [-0.1, -0.05) is 37.1 Å². The summed E-state index contributed by atoms with van der Waals surface area (Å²) in [6, 6.07) is 8.68.